The lowest BCUT2D eigenvalue weighted by molar-refractivity contribution is 0.0221. The lowest BCUT2D eigenvalue weighted by Crippen LogP contribution is -2.44. The molecule has 1 heterocycles. The number of pyridine rings is 1. The minimum absolute atomic E-state index is 0.194. The highest BCUT2D eigenvalue weighted by molar-refractivity contribution is 5.89. The van der Waals surface area contributed by atoms with E-state index in [9.17, 15) is 9.90 Å². The Morgan fingerprint density at radius 2 is 2.17 bits per heavy atom. The van der Waals surface area contributed by atoms with Crippen LogP contribution in [0.3, 0.4) is 0 Å². The SMILES string of the molecule is Cc1cc(NC(=O)NCC2(O)CCCc3ccccc32)ccn1. The molecular weight excluding hydrogens is 290 g/mol. The maximum Gasteiger partial charge on any atom is 0.319 e. The fraction of sp³-hybridized carbons (Fsp3) is 0.333. The minimum Gasteiger partial charge on any atom is -0.383 e. The average molecular weight is 311 g/mol. The van der Waals surface area contributed by atoms with E-state index < -0.39 is 5.60 Å². The van der Waals surface area contributed by atoms with Crippen molar-refractivity contribution in [3.63, 3.8) is 0 Å². The van der Waals surface area contributed by atoms with Crippen LogP contribution in [0, 0.1) is 6.92 Å². The zero-order valence-electron chi connectivity index (χ0n) is 13.2. The van der Waals surface area contributed by atoms with Crippen LogP contribution in [0.2, 0.25) is 0 Å². The second-order valence-corrected chi connectivity index (χ2v) is 6.04. The molecule has 0 radical (unpaired) electrons. The third kappa shape index (κ3) is 3.51. The van der Waals surface area contributed by atoms with Gasteiger partial charge < -0.3 is 15.7 Å². The summed E-state index contributed by atoms with van der Waals surface area (Å²) in [5.41, 5.74) is 2.61. The number of aryl methyl sites for hydroxylation is 2. The van der Waals surface area contributed by atoms with E-state index in [0.717, 1.165) is 29.7 Å². The third-order valence-electron chi connectivity index (χ3n) is 4.25. The van der Waals surface area contributed by atoms with E-state index in [0.29, 0.717) is 12.1 Å². The zero-order valence-corrected chi connectivity index (χ0v) is 13.2. The van der Waals surface area contributed by atoms with Crippen LogP contribution in [0.15, 0.2) is 42.6 Å². The standard InChI is InChI=1S/C18H21N3O2/c1-13-11-15(8-10-19-13)21-17(22)20-12-18(23)9-4-6-14-5-2-3-7-16(14)18/h2-3,5,7-8,10-11,23H,4,6,9,12H2,1H3,(H2,19,20,21,22). The summed E-state index contributed by atoms with van der Waals surface area (Å²) in [5, 5.41) is 16.5. The molecule has 0 fully saturated rings. The second-order valence-electron chi connectivity index (χ2n) is 6.04. The molecule has 0 saturated heterocycles. The molecule has 1 aliphatic rings. The fourth-order valence-corrected chi connectivity index (χ4v) is 3.11. The van der Waals surface area contributed by atoms with Crippen molar-refractivity contribution in [2.45, 2.75) is 31.8 Å². The van der Waals surface area contributed by atoms with Gasteiger partial charge in [-0.05, 0) is 49.4 Å². The lowest BCUT2D eigenvalue weighted by atomic mass is 9.79. The molecule has 5 nitrogen and oxygen atoms in total. The van der Waals surface area contributed by atoms with Gasteiger partial charge in [-0.25, -0.2) is 4.79 Å². The molecule has 1 aromatic carbocycles. The molecule has 1 aromatic heterocycles. The molecule has 120 valence electrons. The van der Waals surface area contributed by atoms with Crippen molar-refractivity contribution in [2.75, 3.05) is 11.9 Å². The minimum atomic E-state index is -1.000. The van der Waals surface area contributed by atoms with E-state index >= 15 is 0 Å². The molecule has 23 heavy (non-hydrogen) atoms. The predicted octanol–water partition coefficient (Wildman–Crippen LogP) is 2.74. The van der Waals surface area contributed by atoms with Crippen molar-refractivity contribution in [3.8, 4) is 0 Å². The normalized spacial score (nSPS) is 19.7. The topological polar surface area (TPSA) is 74.2 Å². The molecule has 1 atom stereocenters. The van der Waals surface area contributed by atoms with Gasteiger partial charge in [-0.15, -0.1) is 0 Å². The number of benzene rings is 1. The summed E-state index contributed by atoms with van der Waals surface area (Å²) in [6, 6.07) is 11.1. The van der Waals surface area contributed by atoms with Gasteiger partial charge in [-0.1, -0.05) is 24.3 Å². The lowest BCUT2D eigenvalue weighted by Gasteiger charge is -2.34. The molecule has 0 saturated carbocycles. The van der Waals surface area contributed by atoms with E-state index in [4.69, 9.17) is 0 Å². The van der Waals surface area contributed by atoms with Gasteiger partial charge in [0.1, 0.15) is 5.60 Å². The average Bonchev–Trinajstić information content (AvgIpc) is 2.54. The molecule has 3 rings (SSSR count). The number of hydrogen-bond donors (Lipinski definition) is 3. The molecule has 1 unspecified atom stereocenters. The Morgan fingerprint density at radius 1 is 1.35 bits per heavy atom. The number of carbonyl (C=O) groups is 1. The van der Waals surface area contributed by atoms with Crippen molar-refractivity contribution in [2.24, 2.45) is 0 Å². The third-order valence-corrected chi connectivity index (χ3v) is 4.25. The molecule has 1 aliphatic carbocycles. The molecule has 2 aromatic rings. The Balaban J connectivity index is 1.65. The number of aliphatic hydroxyl groups is 1. The number of anilines is 1. The molecule has 2 amide bonds. The number of nitrogens with one attached hydrogen (secondary N) is 2. The van der Waals surface area contributed by atoms with Crippen LogP contribution in [0.5, 0.6) is 0 Å². The maximum atomic E-state index is 12.1. The number of rotatable bonds is 3. The molecule has 0 aliphatic heterocycles. The van der Waals surface area contributed by atoms with E-state index in [1.807, 2.05) is 31.2 Å². The first kappa shape index (κ1) is 15.5. The first-order valence-corrected chi connectivity index (χ1v) is 7.85. The van der Waals surface area contributed by atoms with Crippen LogP contribution in [-0.2, 0) is 12.0 Å². The largest absolute Gasteiger partial charge is 0.383 e. The van der Waals surface area contributed by atoms with Crippen LogP contribution in [0.4, 0.5) is 10.5 Å². The van der Waals surface area contributed by atoms with Crippen molar-refractivity contribution < 1.29 is 9.90 Å². The van der Waals surface area contributed by atoms with Crippen LogP contribution >= 0.6 is 0 Å². The molecule has 0 bridgehead atoms. The Bertz CT molecular complexity index is 717. The maximum absolute atomic E-state index is 12.1. The monoisotopic (exact) mass is 311 g/mol. The van der Waals surface area contributed by atoms with Gasteiger partial charge in [-0.2, -0.15) is 0 Å². The smallest absolute Gasteiger partial charge is 0.319 e. The van der Waals surface area contributed by atoms with E-state index in [-0.39, 0.29) is 12.6 Å². The highest BCUT2D eigenvalue weighted by Crippen LogP contribution is 2.34. The first-order chi connectivity index (χ1) is 11.1. The molecule has 3 N–H and O–H groups in total. The van der Waals surface area contributed by atoms with Gasteiger partial charge in [0.05, 0.1) is 6.54 Å². The van der Waals surface area contributed by atoms with Crippen LogP contribution in [0.25, 0.3) is 0 Å². The van der Waals surface area contributed by atoms with Gasteiger partial charge in [0.25, 0.3) is 0 Å². The van der Waals surface area contributed by atoms with Gasteiger partial charge in [0, 0.05) is 17.6 Å². The predicted molar refractivity (Wildman–Crippen MR) is 89.3 cm³/mol. The Labute approximate surface area is 135 Å². The van der Waals surface area contributed by atoms with Crippen molar-refractivity contribution in [1.29, 1.82) is 0 Å². The first-order valence-electron chi connectivity index (χ1n) is 7.85. The van der Waals surface area contributed by atoms with E-state index in [2.05, 4.69) is 15.6 Å². The van der Waals surface area contributed by atoms with Crippen molar-refractivity contribution in [1.82, 2.24) is 10.3 Å². The highest BCUT2D eigenvalue weighted by atomic mass is 16.3. The molecule has 0 spiro atoms. The second kappa shape index (κ2) is 6.38. The van der Waals surface area contributed by atoms with Gasteiger partial charge in [0.2, 0.25) is 0 Å². The summed E-state index contributed by atoms with van der Waals surface area (Å²) >= 11 is 0. The number of carbonyl (C=O) groups excluding carboxylic acids is 1. The number of hydrogen-bond acceptors (Lipinski definition) is 3. The molecular formula is C18H21N3O2. The molecule has 5 heteroatoms. The number of urea groups is 1. The number of amides is 2. The van der Waals surface area contributed by atoms with Crippen LogP contribution < -0.4 is 10.6 Å². The summed E-state index contributed by atoms with van der Waals surface area (Å²) in [5.74, 6) is 0. The van der Waals surface area contributed by atoms with Crippen LogP contribution in [0.1, 0.15) is 29.7 Å². The summed E-state index contributed by atoms with van der Waals surface area (Å²) in [6.45, 7) is 2.06. The zero-order chi connectivity index (χ0) is 16.3. The number of nitrogens with zero attached hydrogens (tertiary/aromatic N) is 1. The van der Waals surface area contributed by atoms with Gasteiger partial charge in [0.15, 0.2) is 0 Å². The van der Waals surface area contributed by atoms with Crippen LogP contribution in [-0.4, -0.2) is 22.7 Å². The number of fused-ring (bicyclic) bond motifs is 1. The summed E-state index contributed by atoms with van der Waals surface area (Å²) < 4.78 is 0. The van der Waals surface area contributed by atoms with Gasteiger partial charge in [-0.3, -0.25) is 4.98 Å². The van der Waals surface area contributed by atoms with Gasteiger partial charge >= 0.3 is 6.03 Å². The summed E-state index contributed by atoms with van der Waals surface area (Å²) in [4.78, 5) is 16.2. The summed E-state index contributed by atoms with van der Waals surface area (Å²) in [6.07, 6.45) is 4.19. The fourth-order valence-electron chi connectivity index (χ4n) is 3.11. The van der Waals surface area contributed by atoms with Crippen molar-refractivity contribution in [3.05, 3.63) is 59.4 Å². The highest BCUT2D eigenvalue weighted by Gasteiger charge is 2.34. The Hall–Kier alpha value is -2.40. The Morgan fingerprint density at radius 3 is 3.00 bits per heavy atom. The number of aromatic nitrogens is 1. The van der Waals surface area contributed by atoms with Crippen molar-refractivity contribution >= 4 is 11.7 Å². The summed E-state index contributed by atoms with van der Waals surface area (Å²) in [7, 11) is 0. The Kier molecular flexibility index (Phi) is 4.30. The van der Waals surface area contributed by atoms with E-state index in [1.54, 1.807) is 18.3 Å². The quantitative estimate of drug-likeness (QED) is 0.816. The van der Waals surface area contributed by atoms with E-state index in [1.165, 1.54) is 0 Å².